The molecule has 0 aliphatic heterocycles. The zero-order valence-corrected chi connectivity index (χ0v) is 19.6. The number of benzene rings is 3. The van der Waals surface area contributed by atoms with Crippen LogP contribution in [0.2, 0.25) is 0 Å². The van der Waals surface area contributed by atoms with Gasteiger partial charge in [0, 0.05) is 5.56 Å². The van der Waals surface area contributed by atoms with Gasteiger partial charge in [-0.1, -0.05) is 68.8 Å². The average Bonchev–Trinajstić information content (AvgIpc) is 2.85. The van der Waals surface area contributed by atoms with Gasteiger partial charge in [-0.05, 0) is 90.7 Å². The Balaban J connectivity index is 1.46. The highest BCUT2D eigenvalue weighted by molar-refractivity contribution is 5.65. The van der Waals surface area contributed by atoms with Gasteiger partial charge in [-0.3, -0.25) is 0 Å². The molecule has 1 saturated carbocycles. The molecule has 0 amide bonds. The van der Waals surface area contributed by atoms with Gasteiger partial charge in [-0.2, -0.15) is 0 Å². The number of unbranched alkanes of at least 4 members (excludes halogenated alkanes) is 1. The first-order valence-electron chi connectivity index (χ1n) is 12.4. The highest BCUT2D eigenvalue weighted by atomic mass is 19.2. The fourth-order valence-electron chi connectivity index (χ4n) is 5.18. The van der Waals surface area contributed by atoms with Crippen LogP contribution in [-0.2, 0) is 12.8 Å². The number of hydrogen-bond acceptors (Lipinski definition) is 0. The molecule has 0 saturated heterocycles. The average molecular weight is 451 g/mol. The summed E-state index contributed by atoms with van der Waals surface area (Å²) in [4.78, 5) is 0. The lowest BCUT2D eigenvalue weighted by Gasteiger charge is -2.30. The highest BCUT2D eigenvalue weighted by Crippen LogP contribution is 2.43. The molecule has 0 atom stereocenters. The molecule has 0 spiro atoms. The molecule has 1 aliphatic rings. The molecule has 0 aromatic heterocycles. The summed E-state index contributed by atoms with van der Waals surface area (Å²) < 4.78 is 44.8. The lowest BCUT2D eigenvalue weighted by atomic mass is 9.75. The van der Waals surface area contributed by atoms with Crippen molar-refractivity contribution in [3.05, 3.63) is 94.3 Å². The van der Waals surface area contributed by atoms with E-state index in [4.69, 9.17) is 0 Å². The van der Waals surface area contributed by atoms with Gasteiger partial charge in [-0.15, -0.1) is 0 Å². The number of rotatable bonds is 7. The SMILES string of the molecule is CCCCc1ccc(C2CCC(c3ccc(-c4ccc(CC)cc4)c(F)c3F)CC2)c(F)c1. The lowest BCUT2D eigenvalue weighted by Crippen LogP contribution is -2.15. The number of halogens is 3. The molecule has 4 rings (SSSR count). The molecular formula is C30H33F3. The van der Waals surface area contributed by atoms with Crippen molar-refractivity contribution in [2.75, 3.05) is 0 Å². The van der Waals surface area contributed by atoms with E-state index in [0.717, 1.165) is 62.5 Å². The van der Waals surface area contributed by atoms with Crippen LogP contribution in [0.4, 0.5) is 13.2 Å². The second-order valence-corrected chi connectivity index (χ2v) is 9.39. The monoisotopic (exact) mass is 450 g/mol. The fraction of sp³-hybridized carbons (Fsp3) is 0.400. The third kappa shape index (κ3) is 5.18. The Morgan fingerprint density at radius 3 is 1.91 bits per heavy atom. The maximum Gasteiger partial charge on any atom is 0.166 e. The summed E-state index contributed by atoms with van der Waals surface area (Å²) in [6.45, 7) is 4.20. The van der Waals surface area contributed by atoms with Crippen molar-refractivity contribution in [2.45, 2.75) is 77.0 Å². The number of hydrogen-bond donors (Lipinski definition) is 0. The van der Waals surface area contributed by atoms with E-state index in [1.165, 1.54) is 5.56 Å². The molecule has 1 fully saturated rings. The first kappa shape index (κ1) is 23.6. The summed E-state index contributed by atoms with van der Waals surface area (Å²) in [5.41, 5.74) is 4.44. The first-order chi connectivity index (χ1) is 16.0. The van der Waals surface area contributed by atoms with Crippen LogP contribution < -0.4 is 0 Å². The van der Waals surface area contributed by atoms with Crippen molar-refractivity contribution in [1.82, 2.24) is 0 Å². The summed E-state index contributed by atoms with van der Waals surface area (Å²) in [5, 5.41) is 0. The van der Waals surface area contributed by atoms with Crippen LogP contribution >= 0.6 is 0 Å². The molecule has 1 aliphatic carbocycles. The Bertz CT molecular complexity index is 1080. The second kappa shape index (κ2) is 10.6. The van der Waals surface area contributed by atoms with Crippen LogP contribution in [0, 0.1) is 17.5 Å². The minimum Gasteiger partial charge on any atom is -0.207 e. The van der Waals surface area contributed by atoms with E-state index in [0.29, 0.717) is 16.7 Å². The van der Waals surface area contributed by atoms with E-state index >= 15 is 4.39 Å². The second-order valence-electron chi connectivity index (χ2n) is 9.39. The van der Waals surface area contributed by atoms with Gasteiger partial charge in [0.15, 0.2) is 11.6 Å². The Kier molecular flexibility index (Phi) is 7.57. The molecule has 174 valence electrons. The third-order valence-electron chi connectivity index (χ3n) is 7.28. The predicted molar refractivity (Wildman–Crippen MR) is 130 cm³/mol. The molecule has 0 unspecified atom stereocenters. The highest BCUT2D eigenvalue weighted by Gasteiger charge is 2.28. The smallest absolute Gasteiger partial charge is 0.166 e. The van der Waals surface area contributed by atoms with E-state index in [1.807, 2.05) is 36.4 Å². The quantitative estimate of drug-likeness (QED) is 0.337. The topological polar surface area (TPSA) is 0 Å². The van der Waals surface area contributed by atoms with Crippen LogP contribution in [0.1, 0.15) is 86.5 Å². The van der Waals surface area contributed by atoms with Crippen molar-refractivity contribution in [2.24, 2.45) is 0 Å². The largest absolute Gasteiger partial charge is 0.207 e. The Hall–Kier alpha value is -2.55. The van der Waals surface area contributed by atoms with E-state index in [9.17, 15) is 8.78 Å². The zero-order valence-electron chi connectivity index (χ0n) is 19.6. The van der Waals surface area contributed by atoms with Crippen molar-refractivity contribution in [3.8, 4) is 11.1 Å². The standard InChI is InChI=1S/C30H33F3/c1-3-5-6-21-9-16-25(28(31)19-21)22-12-14-24(15-13-22)27-18-17-26(29(32)30(27)33)23-10-7-20(4-2)8-11-23/h7-11,16-19,22,24H,3-6,12-15H2,1-2H3. The molecule has 3 heteroatoms. The van der Waals surface area contributed by atoms with Gasteiger partial charge in [0.2, 0.25) is 0 Å². The summed E-state index contributed by atoms with van der Waals surface area (Å²) in [6, 6.07) is 16.7. The molecule has 0 bridgehead atoms. The summed E-state index contributed by atoms with van der Waals surface area (Å²) in [5.74, 6) is -1.51. The van der Waals surface area contributed by atoms with Crippen molar-refractivity contribution >= 4 is 0 Å². The van der Waals surface area contributed by atoms with Crippen molar-refractivity contribution in [3.63, 3.8) is 0 Å². The van der Waals surface area contributed by atoms with Crippen LogP contribution in [0.15, 0.2) is 54.6 Å². The predicted octanol–water partition coefficient (Wildman–Crippen LogP) is 9.12. The van der Waals surface area contributed by atoms with E-state index in [2.05, 4.69) is 13.8 Å². The van der Waals surface area contributed by atoms with Gasteiger partial charge in [0.25, 0.3) is 0 Å². The van der Waals surface area contributed by atoms with Crippen LogP contribution in [0.25, 0.3) is 11.1 Å². The van der Waals surface area contributed by atoms with E-state index < -0.39 is 11.6 Å². The minimum atomic E-state index is -0.771. The lowest BCUT2D eigenvalue weighted by molar-refractivity contribution is 0.375. The van der Waals surface area contributed by atoms with Gasteiger partial charge in [0.05, 0.1) is 0 Å². The molecule has 0 heterocycles. The van der Waals surface area contributed by atoms with Crippen molar-refractivity contribution < 1.29 is 13.2 Å². The Morgan fingerprint density at radius 2 is 1.30 bits per heavy atom. The Labute approximate surface area is 195 Å². The zero-order chi connectivity index (χ0) is 23.4. The molecule has 3 aromatic rings. The molecule has 0 nitrogen and oxygen atoms in total. The molecule has 0 radical (unpaired) electrons. The third-order valence-corrected chi connectivity index (χ3v) is 7.28. The van der Waals surface area contributed by atoms with Crippen LogP contribution in [-0.4, -0.2) is 0 Å². The van der Waals surface area contributed by atoms with E-state index in [1.54, 1.807) is 18.2 Å². The van der Waals surface area contributed by atoms with Gasteiger partial charge in [-0.25, -0.2) is 13.2 Å². The first-order valence-corrected chi connectivity index (χ1v) is 12.4. The summed E-state index contributed by atoms with van der Waals surface area (Å²) >= 11 is 0. The van der Waals surface area contributed by atoms with Crippen LogP contribution in [0.5, 0.6) is 0 Å². The summed E-state index contributed by atoms with van der Waals surface area (Å²) in [7, 11) is 0. The fourth-order valence-corrected chi connectivity index (χ4v) is 5.18. The Morgan fingerprint density at radius 1 is 0.697 bits per heavy atom. The molecule has 3 aromatic carbocycles. The molecular weight excluding hydrogens is 417 g/mol. The van der Waals surface area contributed by atoms with Crippen molar-refractivity contribution in [1.29, 1.82) is 0 Å². The van der Waals surface area contributed by atoms with Crippen LogP contribution in [0.3, 0.4) is 0 Å². The maximum atomic E-state index is 15.1. The molecule has 0 N–H and O–H groups in total. The summed E-state index contributed by atoms with van der Waals surface area (Å²) in [6.07, 6.45) is 7.03. The normalized spacial score (nSPS) is 18.5. The molecule has 33 heavy (non-hydrogen) atoms. The van der Waals surface area contributed by atoms with Gasteiger partial charge >= 0.3 is 0 Å². The maximum absolute atomic E-state index is 15.1. The van der Waals surface area contributed by atoms with Gasteiger partial charge in [0.1, 0.15) is 5.82 Å². The minimum absolute atomic E-state index is 0.0286. The van der Waals surface area contributed by atoms with Gasteiger partial charge < -0.3 is 0 Å². The number of aryl methyl sites for hydroxylation is 2. The van der Waals surface area contributed by atoms with E-state index in [-0.39, 0.29) is 17.7 Å².